The van der Waals surface area contributed by atoms with Gasteiger partial charge in [0.2, 0.25) is 17.2 Å². The molecule has 1 amide bonds. The summed E-state index contributed by atoms with van der Waals surface area (Å²) in [5.74, 6) is 3.73. The maximum absolute atomic E-state index is 14.7. The summed E-state index contributed by atoms with van der Waals surface area (Å²) < 4.78 is 49.4. The molecule has 2 aromatic carbocycles. The Bertz CT molecular complexity index is 1420. The monoisotopic (exact) mass is 540 g/mol. The van der Waals surface area contributed by atoms with Crippen LogP contribution in [-0.2, 0) is 21.6 Å². The van der Waals surface area contributed by atoms with Crippen LogP contribution in [0.25, 0.3) is 0 Å². The first kappa shape index (κ1) is 27.9. The number of aromatic hydroxyl groups is 1. The number of aromatic amines is 1. The fourth-order valence-corrected chi connectivity index (χ4v) is 4.26. The third kappa shape index (κ3) is 6.13. The molecule has 1 aliphatic rings. The van der Waals surface area contributed by atoms with Crippen LogP contribution < -0.4 is 10.9 Å². The number of hydrogen-bond acceptors (Lipinski definition) is 6. The number of hydrogen-bond donors (Lipinski definition) is 3. The van der Waals surface area contributed by atoms with E-state index in [1.807, 2.05) is 34.6 Å². The number of rotatable bonds is 6. The molecule has 1 atom stereocenters. The van der Waals surface area contributed by atoms with E-state index in [-0.39, 0.29) is 6.42 Å². The highest BCUT2D eigenvalue weighted by Gasteiger charge is 2.61. The molecule has 1 aliphatic heterocycles. The lowest BCUT2D eigenvalue weighted by Crippen LogP contribution is -2.57. The van der Waals surface area contributed by atoms with Gasteiger partial charge in [0, 0.05) is 37.2 Å². The first-order valence-corrected chi connectivity index (χ1v) is 12.3. The van der Waals surface area contributed by atoms with Crippen molar-refractivity contribution in [2.24, 2.45) is 0 Å². The molecule has 8 nitrogen and oxygen atoms in total. The number of nitrogens with one attached hydrogen (secondary N) is 2. The second-order valence-electron chi connectivity index (χ2n) is 8.99. The van der Waals surface area contributed by atoms with E-state index in [0.717, 1.165) is 62.4 Å². The van der Waals surface area contributed by atoms with Gasteiger partial charge in [0.25, 0.3) is 5.56 Å². The van der Waals surface area contributed by atoms with Crippen LogP contribution in [0.15, 0.2) is 59.7 Å². The summed E-state index contributed by atoms with van der Waals surface area (Å²) in [4.78, 5) is 32.1. The van der Waals surface area contributed by atoms with Gasteiger partial charge in [-0.2, -0.15) is 13.2 Å². The Hall–Kier alpha value is -4.14. The quantitative estimate of drug-likeness (QED) is 0.415. The second kappa shape index (κ2) is 11.7. The van der Waals surface area contributed by atoms with Gasteiger partial charge in [-0.05, 0) is 35.4 Å². The Morgan fingerprint density at radius 3 is 2.23 bits per heavy atom. The number of alkyl halides is 3. The molecule has 39 heavy (non-hydrogen) atoms. The van der Waals surface area contributed by atoms with Crippen LogP contribution >= 0.6 is 0 Å². The minimum atomic E-state index is -5.16. The summed E-state index contributed by atoms with van der Waals surface area (Å²) in [5.41, 5.74) is -3.60. The number of aromatic nitrogens is 2. The van der Waals surface area contributed by atoms with Crippen molar-refractivity contribution in [1.82, 2.24) is 20.2 Å². The number of carbonyl (C=O) groups excluding carboxylic acids is 1. The molecule has 4 rings (SSSR count). The van der Waals surface area contributed by atoms with Crippen LogP contribution in [0.5, 0.6) is 5.75 Å². The normalized spacial score (nSPS) is 15.6. The Morgan fingerprint density at radius 1 is 1.08 bits per heavy atom. The van der Waals surface area contributed by atoms with Crippen molar-refractivity contribution in [1.29, 1.82) is 0 Å². The lowest BCUT2D eigenvalue weighted by molar-refractivity contribution is -0.191. The van der Waals surface area contributed by atoms with Crippen molar-refractivity contribution in [3.63, 3.8) is 0 Å². The Morgan fingerprint density at radius 2 is 1.67 bits per heavy atom. The number of amides is 1. The average Bonchev–Trinajstić information content (AvgIpc) is 2.93. The first-order valence-electron chi connectivity index (χ1n) is 12.3. The minimum Gasteiger partial charge on any atom is -0.502 e. The molecule has 1 fully saturated rings. The van der Waals surface area contributed by atoms with E-state index in [1.165, 1.54) is 19.1 Å². The molecule has 1 aromatic heterocycles. The summed E-state index contributed by atoms with van der Waals surface area (Å²) in [6.45, 7) is 5.40. The van der Waals surface area contributed by atoms with Crippen molar-refractivity contribution in [3.05, 3.63) is 93.2 Å². The van der Waals surface area contributed by atoms with E-state index in [4.69, 9.17) is 4.74 Å². The third-order valence-electron chi connectivity index (χ3n) is 6.39. The predicted molar refractivity (Wildman–Crippen MR) is 137 cm³/mol. The Kier molecular flexibility index (Phi) is 8.38. The van der Waals surface area contributed by atoms with Gasteiger partial charge in [-0.15, -0.1) is 0 Å². The van der Waals surface area contributed by atoms with Crippen molar-refractivity contribution in [2.45, 2.75) is 31.6 Å². The van der Waals surface area contributed by atoms with Crippen LogP contribution in [0, 0.1) is 11.8 Å². The van der Waals surface area contributed by atoms with E-state index in [0.29, 0.717) is 5.56 Å². The summed E-state index contributed by atoms with van der Waals surface area (Å²) in [6.07, 6.45) is -4.69. The van der Waals surface area contributed by atoms with Crippen molar-refractivity contribution in [3.8, 4) is 17.6 Å². The zero-order chi connectivity index (χ0) is 28.0. The molecule has 2 heterocycles. The Labute approximate surface area is 222 Å². The number of nitrogens with zero attached hydrogens (tertiary/aromatic N) is 2. The maximum atomic E-state index is 14.7. The van der Waals surface area contributed by atoms with Gasteiger partial charge in [0.15, 0.2) is 0 Å². The standard InChI is InChI=1S/C28H27F3N4O4/c1-2-23(36)34-27(28(29,30)31,25-24(37)26(38)33-18-32-25)22-11-9-20(10-12-22)4-3-19-5-7-21(8-6-19)17-35-13-15-39-16-14-35/h5-12,18,37H,2,13-17H2,1H3,(H,34,36)(H,32,33,38). The van der Waals surface area contributed by atoms with Crippen LogP contribution in [0.4, 0.5) is 13.2 Å². The Balaban J connectivity index is 1.63. The molecular formula is C28H27F3N4O4. The van der Waals surface area contributed by atoms with Gasteiger partial charge in [0.1, 0.15) is 5.69 Å². The van der Waals surface area contributed by atoms with Crippen molar-refractivity contribution >= 4 is 5.91 Å². The molecule has 0 spiro atoms. The van der Waals surface area contributed by atoms with Crippen LogP contribution in [-0.4, -0.2) is 58.4 Å². The summed E-state index contributed by atoms with van der Waals surface area (Å²) in [6, 6.07) is 12.8. The number of morpholine rings is 1. The van der Waals surface area contributed by atoms with Crippen LogP contribution in [0.1, 0.15) is 41.3 Å². The first-order chi connectivity index (χ1) is 18.6. The molecule has 0 bridgehead atoms. The fraction of sp³-hybridized carbons (Fsp3) is 0.321. The third-order valence-corrected chi connectivity index (χ3v) is 6.39. The molecule has 0 aliphatic carbocycles. The zero-order valence-electron chi connectivity index (χ0n) is 21.1. The van der Waals surface area contributed by atoms with E-state index >= 15 is 0 Å². The van der Waals surface area contributed by atoms with Crippen LogP contribution in [0.3, 0.4) is 0 Å². The molecule has 3 aromatic rings. The van der Waals surface area contributed by atoms with Gasteiger partial charge in [-0.1, -0.05) is 43.0 Å². The smallest absolute Gasteiger partial charge is 0.421 e. The predicted octanol–water partition coefficient (Wildman–Crippen LogP) is 3.04. The van der Waals surface area contributed by atoms with Gasteiger partial charge in [0.05, 0.1) is 19.5 Å². The molecule has 11 heteroatoms. The van der Waals surface area contributed by atoms with E-state index < -0.39 is 40.2 Å². The fourth-order valence-electron chi connectivity index (χ4n) is 4.26. The molecule has 1 unspecified atom stereocenters. The van der Waals surface area contributed by atoms with Gasteiger partial charge in [-0.3, -0.25) is 14.5 Å². The van der Waals surface area contributed by atoms with E-state index in [1.54, 1.807) is 0 Å². The van der Waals surface area contributed by atoms with Crippen LogP contribution in [0.2, 0.25) is 0 Å². The molecule has 0 radical (unpaired) electrons. The number of carbonyl (C=O) groups is 1. The highest BCUT2D eigenvalue weighted by atomic mass is 19.4. The lowest BCUT2D eigenvalue weighted by Gasteiger charge is -2.36. The van der Waals surface area contributed by atoms with Gasteiger partial charge >= 0.3 is 6.18 Å². The lowest BCUT2D eigenvalue weighted by atomic mass is 9.84. The summed E-state index contributed by atoms with van der Waals surface area (Å²) >= 11 is 0. The van der Waals surface area contributed by atoms with Crippen molar-refractivity contribution < 1.29 is 27.8 Å². The molecular weight excluding hydrogens is 513 g/mol. The van der Waals surface area contributed by atoms with Crippen molar-refractivity contribution in [2.75, 3.05) is 26.3 Å². The van der Waals surface area contributed by atoms with E-state index in [2.05, 4.69) is 21.7 Å². The molecule has 3 N–H and O–H groups in total. The topological polar surface area (TPSA) is 108 Å². The summed E-state index contributed by atoms with van der Waals surface area (Å²) in [5, 5.41) is 12.2. The number of H-pyrrole nitrogens is 1. The maximum Gasteiger partial charge on any atom is 0.421 e. The largest absolute Gasteiger partial charge is 0.502 e. The molecule has 204 valence electrons. The average molecular weight is 541 g/mol. The van der Waals surface area contributed by atoms with E-state index in [9.17, 15) is 27.9 Å². The highest BCUT2D eigenvalue weighted by molar-refractivity contribution is 5.78. The number of halogens is 3. The number of ether oxygens (including phenoxy) is 1. The minimum absolute atomic E-state index is 0.267. The molecule has 0 saturated carbocycles. The zero-order valence-corrected chi connectivity index (χ0v) is 21.1. The molecule has 1 saturated heterocycles. The highest BCUT2D eigenvalue weighted by Crippen LogP contribution is 2.45. The van der Waals surface area contributed by atoms with Gasteiger partial charge in [-0.25, -0.2) is 4.98 Å². The summed E-state index contributed by atoms with van der Waals surface area (Å²) in [7, 11) is 0. The number of benzene rings is 2. The second-order valence-corrected chi connectivity index (χ2v) is 8.99. The SMILES string of the molecule is CCC(=O)NC(c1ccc(C#Cc2ccc(CN3CCOCC3)cc2)cc1)(c1nc[nH]c(=O)c1O)C(F)(F)F. The van der Waals surface area contributed by atoms with Gasteiger partial charge < -0.3 is 20.1 Å².